The average molecular weight is 327 g/mol. The number of benzene rings is 1. The van der Waals surface area contributed by atoms with Crippen LogP contribution in [0.15, 0.2) is 18.2 Å². The van der Waals surface area contributed by atoms with Crippen molar-refractivity contribution in [2.45, 2.75) is 39.8 Å². The Hall–Kier alpha value is -1.07. The predicted molar refractivity (Wildman–Crippen MR) is 87.6 cm³/mol. The lowest BCUT2D eigenvalue weighted by Gasteiger charge is -2.18. The Bertz CT molecular complexity index is 637. The summed E-state index contributed by atoms with van der Waals surface area (Å²) in [5.74, 6) is 5.73. The normalized spacial score (nSPS) is 12.7. The topological polar surface area (TPSA) is 55.9 Å². The van der Waals surface area contributed by atoms with E-state index in [4.69, 9.17) is 29.0 Å². The molecule has 1 atom stereocenters. The van der Waals surface area contributed by atoms with Gasteiger partial charge in [-0.3, -0.25) is 16.0 Å². The van der Waals surface area contributed by atoms with Crippen LogP contribution in [0.4, 0.5) is 0 Å². The van der Waals surface area contributed by atoms with E-state index in [2.05, 4.69) is 10.5 Å². The van der Waals surface area contributed by atoms with Gasteiger partial charge < -0.3 is 0 Å². The van der Waals surface area contributed by atoms with Gasteiger partial charge in [-0.25, -0.2) is 0 Å². The molecule has 21 heavy (non-hydrogen) atoms. The van der Waals surface area contributed by atoms with Crippen LogP contribution in [0.25, 0.3) is 0 Å². The molecule has 0 aliphatic carbocycles. The first kappa shape index (κ1) is 16.3. The third-order valence-electron chi connectivity index (χ3n) is 3.64. The van der Waals surface area contributed by atoms with Gasteiger partial charge in [-0.2, -0.15) is 5.10 Å². The molecule has 0 bridgehead atoms. The second-order valence-electron chi connectivity index (χ2n) is 5.09. The van der Waals surface area contributed by atoms with Crippen LogP contribution < -0.4 is 11.3 Å². The van der Waals surface area contributed by atoms with E-state index in [-0.39, 0.29) is 6.04 Å². The molecule has 114 valence electrons. The number of nitrogens with zero attached hydrogens (tertiary/aromatic N) is 2. The van der Waals surface area contributed by atoms with Gasteiger partial charge in [0.25, 0.3) is 0 Å². The summed E-state index contributed by atoms with van der Waals surface area (Å²) in [4.78, 5) is 0. The monoisotopic (exact) mass is 326 g/mol. The van der Waals surface area contributed by atoms with Crippen LogP contribution in [-0.4, -0.2) is 9.78 Å². The van der Waals surface area contributed by atoms with E-state index in [0.717, 1.165) is 34.1 Å². The Kier molecular flexibility index (Phi) is 5.27. The Morgan fingerprint density at radius 1 is 1.33 bits per heavy atom. The second kappa shape index (κ2) is 6.79. The number of hydrazine groups is 1. The van der Waals surface area contributed by atoms with Gasteiger partial charge in [0, 0.05) is 18.0 Å². The number of nitrogens with one attached hydrogen (secondary N) is 1. The zero-order chi connectivity index (χ0) is 15.6. The Morgan fingerprint density at radius 3 is 2.62 bits per heavy atom. The highest BCUT2D eigenvalue weighted by molar-refractivity contribution is 6.32. The van der Waals surface area contributed by atoms with Gasteiger partial charge in [0.2, 0.25) is 0 Å². The lowest BCUT2D eigenvalue weighted by molar-refractivity contribution is 0.517. The van der Waals surface area contributed by atoms with E-state index < -0.39 is 0 Å². The van der Waals surface area contributed by atoms with Crippen molar-refractivity contribution < 1.29 is 0 Å². The van der Waals surface area contributed by atoms with Gasteiger partial charge in [-0.1, -0.05) is 35.3 Å². The summed E-state index contributed by atoms with van der Waals surface area (Å²) in [7, 11) is 0. The van der Waals surface area contributed by atoms with Crippen molar-refractivity contribution in [3.63, 3.8) is 0 Å². The smallest absolute Gasteiger partial charge is 0.0847 e. The molecule has 0 aliphatic heterocycles. The van der Waals surface area contributed by atoms with Crippen LogP contribution in [-0.2, 0) is 13.0 Å². The molecular formula is C15H20Cl2N4. The molecule has 1 heterocycles. The highest BCUT2D eigenvalue weighted by atomic mass is 35.5. The number of nitrogens with two attached hydrogens (primary N) is 1. The van der Waals surface area contributed by atoms with Gasteiger partial charge in [0.1, 0.15) is 0 Å². The predicted octanol–water partition coefficient (Wildman–Crippen LogP) is 3.57. The first-order valence-corrected chi connectivity index (χ1v) is 7.67. The molecule has 0 aliphatic rings. The van der Waals surface area contributed by atoms with Crippen LogP contribution in [0, 0.1) is 13.8 Å². The molecule has 1 aromatic carbocycles. The lowest BCUT2D eigenvalue weighted by Crippen LogP contribution is -2.30. The first-order chi connectivity index (χ1) is 9.97. The van der Waals surface area contributed by atoms with Crippen LogP contribution in [0.1, 0.15) is 35.5 Å². The van der Waals surface area contributed by atoms with Gasteiger partial charge in [-0.15, -0.1) is 0 Å². The standard InChI is InChI=1S/C15H20Cl2N4/c1-4-21-14(15(17)10(3)20-21)8-13(19-18)11-5-6-12(16)9(2)7-11/h5-7,13,19H,4,8,18H2,1-3H3. The second-order valence-corrected chi connectivity index (χ2v) is 5.88. The van der Waals surface area contributed by atoms with E-state index in [1.54, 1.807) is 0 Å². The first-order valence-electron chi connectivity index (χ1n) is 6.91. The summed E-state index contributed by atoms with van der Waals surface area (Å²) >= 11 is 12.4. The minimum absolute atomic E-state index is 0.0418. The van der Waals surface area contributed by atoms with Crippen LogP contribution >= 0.6 is 23.2 Å². The molecule has 1 aromatic heterocycles. The summed E-state index contributed by atoms with van der Waals surface area (Å²) in [5.41, 5.74) is 6.80. The van der Waals surface area contributed by atoms with E-state index in [1.165, 1.54) is 0 Å². The van der Waals surface area contributed by atoms with Crippen molar-refractivity contribution >= 4 is 23.2 Å². The molecule has 4 nitrogen and oxygen atoms in total. The van der Waals surface area contributed by atoms with Crippen LogP contribution in [0.2, 0.25) is 10.0 Å². The summed E-state index contributed by atoms with van der Waals surface area (Å²) in [5, 5.41) is 5.90. The number of rotatable bonds is 5. The third kappa shape index (κ3) is 3.40. The Morgan fingerprint density at radius 2 is 2.05 bits per heavy atom. The molecule has 2 aromatic rings. The van der Waals surface area contributed by atoms with E-state index in [9.17, 15) is 0 Å². The highest BCUT2D eigenvalue weighted by Gasteiger charge is 2.19. The number of hydrogen-bond donors (Lipinski definition) is 2. The maximum absolute atomic E-state index is 6.36. The molecule has 0 spiro atoms. The van der Waals surface area contributed by atoms with Crippen molar-refractivity contribution in [3.8, 4) is 0 Å². The zero-order valence-electron chi connectivity index (χ0n) is 12.5. The molecule has 2 rings (SSSR count). The molecular weight excluding hydrogens is 307 g/mol. The maximum atomic E-state index is 6.36. The van der Waals surface area contributed by atoms with Gasteiger partial charge in [0.15, 0.2) is 0 Å². The SMILES string of the molecule is CCn1nc(C)c(Cl)c1CC(NN)c1ccc(Cl)c(C)c1. The van der Waals surface area contributed by atoms with Gasteiger partial charge >= 0.3 is 0 Å². The van der Waals surface area contributed by atoms with E-state index in [1.807, 2.05) is 43.7 Å². The summed E-state index contributed by atoms with van der Waals surface area (Å²) in [6.07, 6.45) is 0.672. The van der Waals surface area contributed by atoms with Gasteiger partial charge in [-0.05, 0) is 38.0 Å². The van der Waals surface area contributed by atoms with Crippen molar-refractivity contribution in [2.24, 2.45) is 5.84 Å². The number of aryl methyl sites for hydroxylation is 3. The number of hydrogen-bond acceptors (Lipinski definition) is 3. The highest BCUT2D eigenvalue weighted by Crippen LogP contribution is 2.27. The Labute approximate surface area is 135 Å². The largest absolute Gasteiger partial charge is 0.271 e. The fraction of sp³-hybridized carbons (Fsp3) is 0.400. The lowest BCUT2D eigenvalue weighted by atomic mass is 10.0. The van der Waals surface area contributed by atoms with E-state index in [0.29, 0.717) is 11.4 Å². The van der Waals surface area contributed by atoms with Gasteiger partial charge in [0.05, 0.1) is 22.5 Å². The minimum atomic E-state index is -0.0418. The average Bonchev–Trinajstić information content (AvgIpc) is 2.75. The minimum Gasteiger partial charge on any atom is -0.271 e. The summed E-state index contributed by atoms with van der Waals surface area (Å²) in [6, 6.07) is 5.87. The Balaban J connectivity index is 2.33. The van der Waals surface area contributed by atoms with Crippen LogP contribution in [0.5, 0.6) is 0 Å². The molecule has 0 amide bonds. The zero-order valence-corrected chi connectivity index (χ0v) is 14.0. The summed E-state index contributed by atoms with van der Waals surface area (Å²) < 4.78 is 1.92. The third-order valence-corrected chi connectivity index (χ3v) is 4.55. The van der Waals surface area contributed by atoms with Crippen molar-refractivity contribution in [3.05, 3.63) is 50.8 Å². The van der Waals surface area contributed by atoms with Crippen molar-refractivity contribution in [1.82, 2.24) is 15.2 Å². The molecule has 0 saturated carbocycles. The molecule has 0 radical (unpaired) electrons. The van der Waals surface area contributed by atoms with E-state index >= 15 is 0 Å². The van der Waals surface area contributed by atoms with Crippen molar-refractivity contribution in [1.29, 1.82) is 0 Å². The molecule has 3 N–H and O–H groups in total. The molecule has 0 fully saturated rings. The molecule has 1 unspecified atom stereocenters. The number of aromatic nitrogens is 2. The van der Waals surface area contributed by atoms with Crippen molar-refractivity contribution in [2.75, 3.05) is 0 Å². The fourth-order valence-electron chi connectivity index (χ4n) is 2.41. The fourth-order valence-corrected chi connectivity index (χ4v) is 2.75. The molecule has 6 heteroatoms. The summed E-state index contributed by atoms with van der Waals surface area (Å²) in [6.45, 7) is 6.71. The number of halogens is 2. The quantitative estimate of drug-likeness (QED) is 0.652. The van der Waals surface area contributed by atoms with Crippen LogP contribution in [0.3, 0.4) is 0 Å². The maximum Gasteiger partial charge on any atom is 0.0847 e. The molecule has 0 saturated heterocycles.